The topological polar surface area (TPSA) is 85.4 Å². The third-order valence-electron chi connectivity index (χ3n) is 6.31. The van der Waals surface area contributed by atoms with Crippen LogP contribution in [-0.4, -0.2) is 89.8 Å². The highest BCUT2D eigenvalue weighted by Crippen LogP contribution is 2.30. The van der Waals surface area contributed by atoms with Gasteiger partial charge in [0.25, 0.3) is 0 Å². The van der Waals surface area contributed by atoms with Crippen LogP contribution in [0.25, 0.3) is 0 Å². The van der Waals surface area contributed by atoms with Crippen molar-refractivity contribution in [2.75, 3.05) is 39.9 Å². The average Bonchev–Trinajstić information content (AvgIpc) is 2.81. The third-order valence-corrected chi connectivity index (χ3v) is 6.31. The van der Waals surface area contributed by atoms with E-state index in [9.17, 15) is 18.8 Å². The second kappa shape index (κ2) is 11.3. The van der Waals surface area contributed by atoms with Crippen molar-refractivity contribution in [3.8, 4) is 12.3 Å². The molecule has 1 aromatic carbocycles. The number of hydrazine groups is 1. The average molecular weight is 474 g/mol. The summed E-state index contributed by atoms with van der Waals surface area (Å²) >= 11 is 0. The zero-order chi connectivity index (χ0) is 24.8. The van der Waals surface area contributed by atoms with E-state index in [0.29, 0.717) is 13.0 Å². The zero-order valence-electron chi connectivity index (χ0n) is 19.9. The molecule has 4 amide bonds. The Hall–Kier alpha value is -3.16. The van der Waals surface area contributed by atoms with Gasteiger partial charge in [-0.2, -0.15) is 0 Å². The van der Waals surface area contributed by atoms with Crippen molar-refractivity contribution < 1.29 is 23.5 Å². The first-order valence-corrected chi connectivity index (χ1v) is 11.4. The van der Waals surface area contributed by atoms with Gasteiger partial charge in [-0.3, -0.25) is 9.59 Å². The van der Waals surface area contributed by atoms with Crippen LogP contribution < -0.4 is 5.32 Å². The minimum atomic E-state index is -0.676. The third kappa shape index (κ3) is 5.48. The lowest BCUT2D eigenvalue weighted by Crippen LogP contribution is -2.76. The Labute approximate surface area is 199 Å². The largest absolute Gasteiger partial charge is 0.367 e. The molecular formula is C24H32FN5O4. The molecule has 3 rings (SSSR count). The minimum Gasteiger partial charge on any atom is -0.367 e. The van der Waals surface area contributed by atoms with E-state index in [-0.39, 0.29) is 56.4 Å². The first-order chi connectivity index (χ1) is 16.3. The number of benzene rings is 1. The zero-order valence-corrected chi connectivity index (χ0v) is 19.9. The van der Waals surface area contributed by atoms with Crippen LogP contribution >= 0.6 is 0 Å². The number of piperazine rings is 1. The molecule has 1 unspecified atom stereocenters. The molecule has 1 aromatic rings. The number of carbonyl (C=O) groups excluding carboxylic acids is 3. The predicted octanol–water partition coefficient (Wildman–Crippen LogP) is 1.26. The van der Waals surface area contributed by atoms with Crippen molar-refractivity contribution in [3.05, 3.63) is 35.6 Å². The molecule has 1 N–H and O–H groups in total. The standard InChI is InChI=1S/C24H32FN5O4/c1-5-12-34-13-11-28-15-20-29(22(23(28)32)17(3)6-2)21(31)16-27(4)30(20)24(33)26-14-18-7-9-19(25)10-8-18/h1,7-10,17,20,22H,6,11-16H2,2-4H3,(H,26,33)/t17?,20-,22-/m0/s1. The summed E-state index contributed by atoms with van der Waals surface area (Å²) in [6.45, 7) is 4.94. The molecule has 0 radical (unpaired) electrons. The van der Waals surface area contributed by atoms with E-state index >= 15 is 0 Å². The van der Waals surface area contributed by atoms with Crippen molar-refractivity contribution in [3.63, 3.8) is 0 Å². The Morgan fingerprint density at radius 2 is 2.03 bits per heavy atom. The number of fused-ring (bicyclic) bond motifs is 1. The van der Waals surface area contributed by atoms with Crippen LogP contribution in [-0.2, 0) is 20.9 Å². The van der Waals surface area contributed by atoms with E-state index in [1.165, 1.54) is 17.1 Å². The van der Waals surface area contributed by atoms with Crippen LogP contribution in [0.15, 0.2) is 24.3 Å². The maximum atomic E-state index is 13.4. The highest BCUT2D eigenvalue weighted by atomic mass is 19.1. The van der Waals surface area contributed by atoms with E-state index in [1.807, 2.05) is 13.8 Å². The fraction of sp³-hybridized carbons (Fsp3) is 0.542. The first kappa shape index (κ1) is 25.5. The molecule has 0 spiro atoms. The van der Waals surface area contributed by atoms with Gasteiger partial charge in [-0.05, 0) is 23.6 Å². The van der Waals surface area contributed by atoms with Gasteiger partial charge in [-0.1, -0.05) is 38.3 Å². The number of carbonyl (C=O) groups is 3. The van der Waals surface area contributed by atoms with Gasteiger partial charge in [0.05, 0.1) is 19.7 Å². The number of urea groups is 1. The van der Waals surface area contributed by atoms with Gasteiger partial charge in [0, 0.05) is 20.1 Å². The highest BCUT2D eigenvalue weighted by Gasteiger charge is 2.51. The normalized spacial score (nSPS) is 21.8. The molecular weight excluding hydrogens is 441 g/mol. The molecule has 2 heterocycles. The number of terminal acetylenes is 1. The van der Waals surface area contributed by atoms with Gasteiger partial charge in [0.1, 0.15) is 24.6 Å². The van der Waals surface area contributed by atoms with Crippen molar-refractivity contribution in [2.45, 2.75) is 39.0 Å². The smallest absolute Gasteiger partial charge is 0.334 e. The van der Waals surface area contributed by atoms with Crippen molar-refractivity contribution in [1.29, 1.82) is 0 Å². The monoisotopic (exact) mass is 473 g/mol. The number of likely N-dealkylation sites (N-methyl/N-ethyl adjacent to an activating group) is 1. The molecule has 0 saturated carbocycles. The van der Waals surface area contributed by atoms with E-state index in [2.05, 4.69) is 11.2 Å². The molecule has 34 heavy (non-hydrogen) atoms. The van der Waals surface area contributed by atoms with E-state index < -0.39 is 18.2 Å². The van der Waals surface area contributed by atoms with Crippen LogP contribution in [0.1, 0.15) is 25.8 Å². The van der Waals surface area contributed by atoms with Crippen molar-refractivity contribution in [1.82, 2.24) is 25.1 Å². The molecule has 9 nitrogen and oxygen atoms in total. The number of amides is 4. The maximum Gasteiger partial charge on any atom is 0.334 e. The van der Waals surface area contributed by atoms with Crippen molar-refractivity contribution >= 4 is 17.8 Å². The summed E-state index contributed by atoms with van der Waals surface area (Å²) < 4.78 is 18.6. The quantitative estimate of drug-likeness (QED) is 0.454. The second-order valence-electron chi connectivity index (χ2n) is 8.60. The van der Waals surface area contributed by atoms with Gasteiger partial charge in [-0.25, -0.2) is 19.2 Å². The Bertz CT molecular complexity index is 934. The van der Waals surface area contributed by atoms with Gasteiger partial charge >= 0.3 is 6.03 Å². The first-order valence-electron chi connectivity index (χ1n) is 11.4. The second-order valence-corrected chi connectivity index (χ2v) is 8.60. The number of hydrogen-bond acceptors (Lipinski definition) is 5. The highest BCUT2D eigenvalue weighted by molar-refractivity contribution is 5.91. The van der Waals surface area contributed by atoms with Crippen LogP contribution in [0.2, 0.25) is 0 Å². The Morgan fingerprint density at radius 1 is 1.32 bits per heavy atom. The van der Waals surface area contributed by atoms with Crippen LogP contribution in [0.3, 0.4) is 0 Å². The SMILES string of the molecule is C#CCOCCN1C[C@H]2N(C(=O)CN(C)N2C(=O)NCc2ccc(F)cc2)[C@@H](C(C)CC)C1=O. The van der Waals surface area contributed by atoms with E-state index in [4.69, 9.17) is 11.2 Å². The number of ether oxygens (including phenoxy) is 1. The summed E-state index contributed by atoms with van der Waals surface area (Å²) in [7, 11) is 1.67. The maximum absolute atomic E-state index is 13.4. The molecule has 2 fully saturated rings. The molecule has 2 aliphatic heterocycles. The Balaban J connectivity index is 1.83. The number of nitrogens with one attached hydrogen (secondary N) is 1. The number of hydrogen-bond donors (Lipinski definition) is 1. The number of nitrogens with zero attached hydrogens (tertiary/aromatic N) is 4. The fourth-order valence-electron chi connectivity index (χ4n) is 4.36. The van der Waals surface area contributed by atoms with Gasteiger partial charge < -0.3 is 19.9 Å². The van der Waals surface area contributed by atoms with Crippen LogP contribution in [0, 0.1) is 24.1 Å². The Kier molecular flexibility index (Phi) is 8.47. The lowest BCUT2D eigenvalue weighted by Gasteiger charge is -2.55. The fourth-order valence-corrected chi connectivity index (χ4v) is 4.36. The van der Waals surface area contributed by atoms with Crippen LogP contribution in [0.4, 0.5) is 9.18 Å². The molecule has 2 saturated heterocycles. The minimum absolute atomic E-state index is 0.0219. The number of rotatable bonds is 8. The van der Waals surface area contributed by atoms with Gasteiger partial charge in [0.2, 0.25) is 11.8 Å². The summed E-state index contributed by atoms with van der Waals surface area (Å²) in [5.74, 6) is 1.60. The van der Waals surface area contributed by atoms with Crippen molar-refractivity contribution in [2.24, 2.45) is 5.92 Å². The molecule has 3 atom stereocenters. The summed E-state index contributed by atoms with van der Waals surface area (Å²) in [5.41, 5.74) is 0.742. The summed E-state index contributed by atoms with van der Waals surface area (Å²) in [4.78, 5) is 42.9. The molecule has 0 aliphatic carbocycles. The molecule has 0 aromatic heterocycles. The van der Waals surface area contributed by atoms with E-state index in [1.54, 1.807) is 34.0 Å². The summed E-state index contributed by atoms with van der Waals surface area (Å²) in [5, 5.41) is 5.90. The molecule has 10 heteroatoms. The summed E-state index contributed by atoms with van der Waals surface area (Å²) in [6.07, 6.45) is 5.26. The number of halogens is 1. The molecule has 2 aliphatic rings. The van der Waals surface area contributed by atoms with E-state index in [0.717, 1.165) is 5.56 Å². The van der Waals surface area contributed by atoms with Gasteiger partial charge in [-0.15, -0.1) is 6.42 Å². The summed E-state index contributed by atoms with van der Waals surface area (Å²) in [6, 6.07) is 4.78. The Morgan fingerprint density at radius 3 is 2.68 bits per heavy atom. The lowest BCUT2D eigenvalue weighted by atomic mass is 9.92. The van der Waals surface area contributed by atoms with Gasteiger partial charge in [0.15, 0.2) is 0 Å². The molecule has 0 bridgehead atoms. The predicted molar refractivity (Wildman–Crippen MR) is 123 cm³/mol. The van der Waals surface area contributed by atoms with Crippen LogP contribution in [0.5, 0.6) is 0 Å². The lowest BCUT2D eigenvalue weighted by molar-refractivity contribution is -0.190. The molecule has 184 valence electrons.